The van der Waals surface area contributed by atoms with Crippen LogP contribution in [-0.2, 0) is 20.0 Å². The van der Waals surface area contributed by atoms with Crippen molar-refractivity contribution in [2.75, 3.05) is 5.43 Å². The van der Waals surface area contributed by atoms with E-state index in [0.29, 0.717) is 30.1 Å². The number of aromatic nitrogens is 4. The number of fused-ring (bicyclic) bond motifs is 1. The first-order valence-corrected chi connectivity index (χ1v) is 10.5. The summed E-state index contributed by atoms with van der Waals surface area (Å²) in [5, 5.41) is 4.46. The molecule has 0 radical (unpaired) electrons. The summed E-state index contributed by atoms with van der Waals surface area (Å²) < 4.78 is 4.07. The summed E-state index contributed by atoms with van der Waals surface area (Å²) in [4.78, 5) is 31.5. The van der Waals surface area contributed by atoms with E-state index in [2.05, 4.69) is 36.4 Å². The van der Waals surface area contributed by atoms with Gasteiger partial charge in [0.05, 0.1) is 5.71 Å². The van der Waals surface area contributed by atoms with Gasteiger partial charge in [-0.15, -0.1) is 0 Å². The molecule has 0 aliphatic rings. The van der Waals surface area contributed by atoms with Crippen LogP contribution in [0, 0.1) is 0 Å². The minimum absolute atomic E-state index is 0.306. The Labute approximate surface area is 186 Å². The second-order valence-electron chi connectivity index (χ2n) is 7.13. The van der Waals surface area contributed by atoms with Gasteiger partial charge in [0.25, 0.3) is 5.56 Å². The SMILES string of the molecule is CC(=NNc1nc2c(c(=O)[nH]c(=O)n2C)n1CCc1ccccc1)c1ccc(Br)cc1. The number of rotatable bonds is 6. The predicted octanol–water partition coefficient (Wildman–Crippen LogP) is 3.26. The van der Waals surface area contributed by atoms with Crippen LogP contribution in [0.2, 0.25) is 0 Å². The fourth-order valence-electron chi connectivity index (χ4n) is 3.31. The zero-order chi connectivity index (χ0) is 22.0. The van der Waals surface area contributed by atoms with Gasteiger partial charge >= 0.3 is 5.69 Å². The van der Waals surface area contributed by atoms with Gasteiger partial charge in [-0.05, 0) is 36.6 Å². The van der Waals surface area contributed by atoms with E-state index in [-0.39, 0.29) is 0 Å². The third kappa shape index (κ3) is 4.36. The van der Waals surface area contributed by atoms with E-state index < -0.39 is 11.2 Å². The number of benzene rings is 2. The Morgan fingerprint density at radius 3 is 2.55 bits per heavy atom. The molecule has 158 valence electrons. The highest BCUT2D eigenvalue weighted by Crippen LogP contribution is 2.17. The lowest BCUT2D eigenvalue weighted by molar-refractivity contribution is 0.716. The van der Waals surface area contributed by atoms with Crippen molar-refractivity contribution in [3.63, 3.8) is 0 Å². The fourth-order valence-corrected chi connectivity index (χ4v) is 3.58. The van der Waals surface area contributed by atoms with E-state index in [9.17, 15) is 9.59 Å². The van der Waals surface area contributed by atoms with Crippen molar-refractivity contribution in [1.82, 2.24) is 19.1 Å². The van der Waals surface area contributed by atoms with Crippen molar-refractivity contribution in [2.45, 2.75) is 19.9 Å². The molecular weight excluding hydrogens is 460 g/mol. The average Bonchev–Trinajstić information content (AvgIpc) is 3.15. The second-order valence-corrected chi connectivity index (χ2v) is 8.04. The lowest BCUT2D eigenvalue weighted by atomic mass is 10.1. The number of nitrogens with zero attached hydrogens (tertiary/aromatic N) is 4. The molecule has 0 unspecified atom stereocenters. The van der Waals surface area contributed by atoms with Gasteiger partial charge < -0.3 is 4.57 Å². The number of hydrogen-bond donors (Lipinski definition) is 2. The first-order chi connectivity index (χ1) is 14.9. The summed E-state index contributed by atoms with van der Waals surface area (Å²) in [5.41, 5.74) is 5.49. The van der Waals surface area contributed by atoms with Gasteiger partial charge in [0.15, 0.2) is 11.2 Å². The summed E-state index contributed by atoms with van der Waals surface area (Å²) in [6.45, 7) is 2.38. The average molecular weight is 481 g/mol. The molecule has 0 bridgehead atoms. The van der Waals surface area contributed by atoms with Gasteiger partial charge in [0, 0.05) is 18.1 Å². The number of aromatic amines is 1. The first-order valence-electron chi connectivity index (χ1n) is 9.74. The van der Waals surface area contributed by atoms with Gasteiger partial charge in [-0.1, -0.05) is 58.4 Å². The number of halogens is 1. The molecule has 0 saturated carbocycles. The minimum Gasteiger partial charge on any atom is -0.303 e. The molecule has 2 heterocycles. The third-order valence-corrected chi connectivity index (χ3v) is 5.59. The van der Waals surface area contributed by atoms with Crippen LogP contribution in [0.5, 0.6) is 0 Å². The Kier molecular flexibility index (Phi) is 5.85. The predicted molar refractivity (Wildman–Crippen MR) is 126 cm³/mol. The number of nitrogens with one attached hydrogen (secondary N) is 2. The van der Waals surface area contributed by atoms with E-state index in [4.69, 9.17) is 0 Å². The third-order valence-electron chi connectivity index (χ3n) is 5.06. The molecule has 2 aromatic heterocycles. The topological polar surface area (TPSA) is 97.1 Å². The van der Waals surface area contributed by atoms with Crippen molar-refractivity contribution in [3.8, 4) is 0 Å². The first kappa shape index (κ1) is 20.8. The molecule has 9 heteroatoms. The zero-order valence-corrected chi connectivity index (χ0v) is 18.7. The molecule has 0 amide bonds. The van der Waals surface area contributed by atoms with E-state index >= 15 is 0 Å². The molecule has 4 aromatic rings. The largest absolute Gasteiger partial charge is 0.329 e. The van der Waals surface area contributed by atoms with Gasteiger partial charge in [-0.2, -0.15) is 10.1 Å². The maximum Gasteiger partial charge on any atom is 0.329 e. The molecule has 2 aromatic carbocycles. The standard InChI is InChI=1S/C22H21BrN6O2/c1-14(16-8-10-17(23)11-9-16)26-27-21-24-19-18(20(30)25-22(31)28(19)2)29(21)13-12-15-6-4-3-5-7-15/h3-11H,12-13H2,1-2H3,(H,24,27)(H,25,30,31). The molecule has 4 rings (SSSR count). The lowest BCUT2D eigenvalue weighted by Crippen LogP contribution is -2.29. The normalized spacial score (nSPS) is 11.8. The Morgan fingerprint density at radius 2 is 1.84 bits per heavy atom. The molecule has 0 atom stereocenters. The van der Waals surface area contributed by atoms with E-state index in [1.54, 1.807) is 11.6 Å². The van der Waals surface area contributed by atoms with E-state index in [0.717, 1.165) is 21.3 Å². The van der Waals surface area contributed by atoms with Crippen molar-refractivity contribution >= 4 is 38.8 Å². The monoisotopic (exact) mass is 480 g/mol. The quantitative estimate of drug-likeness (QED) is 0.326. The summed E-state index contributed by atoms with van der Waals surface area (Å²) in [6.07, 6.45) is 0.693. The van der Waals surface area contributed by atoms with Crippen LogP contribution < -0.4 is 16.7 Å². The van der Waals surface area contributed by atoms with Gasteiger partial charge in [0.2, 0.25) is 5.95 Å². The fraction of sp³-hybridized carbons (Fsp3) is 0.182. The van der Waals surface area contributed by atoms with Crippen LogP contribution in [0.25, 0.3) is 11.2 Å². The number of imidazole rings is 1. The van der Waals surface area contributed by atoms with Crippen LogP contribution in [0.1, 0.15) is 18.1 Å². The van der Waals surface area contributed by atoms with Crippen LogP contribution in [0.15, 0.2) is 73.8 Å². The summed E-state index contributed by atoms with van der Waals surface area (Å²) in [5.74, 6) is 0.397. The second kappa shape index (κ2) is 8.73. The molecule has 0 aliphatic heterocycles. The Hall–Kier alpha value is -3.46. The van der Waals surface area contributed by atoms with Crippen molar-refractivity contribution in [2.24, 2.45) is 12.1 Å². The van der Waals surface area contributed by atoms with Crippen molar-refractivity contribution in [3.05, 3.63) is 91.0 Å². The van der Waals surface area contributed by atoms with Gasteiger partial charge in [-0.3, -0.25) is 14.3 Å². The number of hydrazone groups is 1. The summed E-state index contributed by atoms with van der Waals surface area (Å²) in [6, 6.07) is 17.8. The van der Waals surface area contributed by atoms with Crippen LogP contribution in [0.3, 0.4) is 0 Å². The summed E-state index contributed by atoms with van der Waals surface area (Å²) in [7, 11) is 1.58. The molecule has 2 N–H and O–H groups in total. The summed E-state index contributed by atoms with van der Waals surface area (Å²) >= 11 is 3.43. The van der Waals surface area contributed by atoms with Crippen molar-refractivity contribution < 1.29 is 0 Å². The number of anilines is 1. The highest BCUT2D eigenvalue weighted by molar-refractivity contribution is 9.10. The van der Waals surface area contributed by atoms with Gasteiger partial charge in [-0.25, -0.2) is 10.2 Å². The molecule has 0 aliphatic carbocycles. The van der Waals surface area contributed by atoms with Crippen LogP contribution in [0.4, 0.5) is 5.95 Å². The lowest BCUT2D eigenvalue weighted by Gasteiger charge is -2.09. The number of H-pyrrole nitrogens is 1. The Bertz CT molecular complexity index is 1370. The molecule has 0 fully saturated rings. The smallest absolute Gasteiger partial charge is 0.303 e. The van der Waals surface area contributed by atoms with Gasteiger partial charge in [0.1, 0.15) is 0 Å². The van der Waals surface area contributed by atoms with Crippen molar-refractivity contribution in [1.29, 1.82) is 0 Å². The maximum absolute atomic E-state index is 12.6. The van der Waals surface area contributed by atoms with Crippen LogP contribution >= 0.6 is 15.9 Å². The van der Waals surface area contributed by atoms with Crippen LogP contribution in [-0.4, -0.2) is 24.8 Å². The minimum atomic E-state index is -0.508. The molecule has 31 heavy (non-hydrogen) atoms. The number of hydrogen-bond acceptors (Lipinski definition) is 5. The molecule has 8 nitrogen and oxygen atoms in total. The molecule has 0 spiro atoms. The Balaban J connectivity index is 1.74. The Morgan fingerprint density at radius 1 is 1.13 bits per heavy atom. The zero-order valence-electron chi connectivity index (χ0n) is 17.1. The maximum atomic E-state index is 12.6. The van der Waals surface area contributed by atoms with E-state index in [1.807, 2.05) is 61.5 Å². The number of aryl methyl sites for hydroxylation is 3. The molecule has 0 saturated heterocycles. The highest BCUT2D eigenvalue weighted by Gasteiger charge is 2.17. The molecular formula is C22H21BrN6O2. The highest BCUT2D eigenvalue weighted by atomic mass is 79.9. The van der Waals surface area contributed by atoms with E-state index in [1.165, 1.54) is 4.57 Å².